The average Bonchev–Trinajstić information content (AvgIpc) is 2.65. The molecule has 5 nitrogen and oxygen atoms in total. The van der Waals surface area contributed by atoms with E-state index in [0.717, 1.165) is 0 Å². The lowest BCUT2D eigenvalue weighted by Gasteiger charge is -2.10. The molecule has 0 aromatic heterocycles. The number of carbonyl (C=O) groups is 2. The summed E-state index contributed by atoms with van der Waals surface area (Å²) in [6.07, 6.45) is 0. The van der Waals surface area contributed by atoms with Crippen LogP contribution in [0.25, 0.3) is 0 Å². The zero-order valence-corrected chi connectivity index (χ0v) is 15.2. The largest absolute Gasteiger partial charge is 0.502 e. The van der Waals surface area contributed by atoms with Crippen LogP contribution < -0.4 is 9.47 Å². The third kappa shape index (κ3) is 4.58. The Balaban J connectivity index is 1.79. The van der Waals surface area contributed by atoms with E-state index in [0.29, 0.717) is 10.0 Å². The number of phenolic OH excluding ortho intramolecular Hbond substituents is 1. The number of hydrogen-bond acceptors (Lipinski definition) is 5. The van der Waals surface area contributed by atoms with E-state index >= 15 is 0 Å². The second-order valence-corrected chi connectivity index (χ2v) is 6.28. The van der Waals surface area contributed by atoms with Gasteiger partial charge in [-0.1, -0.05) is 41.4 Å². The number of aromatic hydroxyl groups is 1. The quantitative estimate of drug-likeness (QED) is 0.483. The van der Waals surface area contributed by atoms with E-state index in [1.54, 1.807) is 24.3 Å². The minimum atomic E-state index is -0.717. The molecule has 0 saturated heterocycles. The van der Waals surface area contributed by atoms with Gasteiger partial charge in [-0.2, -0.15) is 0 Å². The van der Waals surface area contributed by atoms with Crippen LogP contribution in [0.1, 0.15) is 20.7 Å². The third-order valence-corrected chi connectivity index (χ3v) is 3.96. The van der Waals surface area contributed by atoms with Gasteiger partial charge in [0, 0.05) is 10.0 Å². The summed E-state index contributed by atoms with van der Waals surface area (Å²) in [5, 5.41) is 11.0. The third-order valence-electron chi connectivity index (χ3n) is 3.49. The van der Waals surface area contributed by atoms with Crippen LogP contribution in [0.4, 0.5) is 0 Å². The maximum atomic E-state index is 12.2. The Kier molecular flexibility index (Phi) is 5.64. The summed E-state index contributed by atoms with van der Waals surface area (Å²) in [5.41, 5.74) is 0.423. The summed E-state index contributed by atoms with van der Waals surface area (Å²) in [7, 11) is 0. The van der Waals surface area contributed by atoms with Crippen molar-refractivity contribution in [2.45, 2.75) is 0 Å². The van der Waals surface area contributed by atoms with Gasteiger partial charge in [0.25, 0.3) is 0 Å². The molecule has 136 valence electrons. The van der Waals surface area contributed by atoms with E-state index < -0.39 is 17.7 Å². The Bertz CT molecular complexity index is 939. The van der Waals surface area contributed by atoms with Crippen LogP contribution in [0.2, 0.25) is 10.0 Å². The van der Waals surface area contributed by atoms with Gasteiger partial charge in [-0.25, -0.2) is 9.59 Å². The van der Waals surface area contributed by atoms with Gasteiger partial charge < -0.3 is 14.6 Å². The molecule has 0 spiro atoms. The fraction of sp³-hybridized carbons (Fsp3) is 0. The summed E-state index contributed by atoms with van der Waals surface area (Å²) in [6.45, 7) is 0. The lowest BCUT2D eigenvalue weighted by molar-refractivity contribution is 0.0722. The number of carbonyl (C=O) groups excluding carboxylic acids is 2. The van der Waals surface area contributed by atoms with Gasteiger partial charge in [-0.05, 0) is 48.5 Å². The Morgan fingerprint density at radius 3 is 1.52 bits per heavy atom. The maximum Gasteiger partial charge on any atom is 0.343 e. The van der Waals surface area contributed by atoms with Crippen LogP contribution in [0.15, 0.2) is 66.7 Å². The van der Waals surface area contributed by atoms with Gasteiger partial charge in [0.15, 0.2) is 11.5 Å². The fourth-order valence-corrected chi connectivity index (χ4v) is 2.60. The first kappa shape index (κ1) is 18.8. The predicted octanol–water partition coefficient (Wildman–Crippen LogP) is 5.14. The van der Waals surface area contributed by atoms with E-state index in [2.05, 4.69) is 0 Å². The molecule has 0 aliphatic rings. The van der Waals surface area contributed by atoms with Crippen molar-refractivity contribution in [1.29, 1.82) is 0 Å². The van der Waals surface area contributed by atoms with Gasteiger partial charge in [-0.15, -0.1) is 0 Å². The van der Waals surface area contributed by atoms with Gasteiger partial charge in [0.1, 0.15) is 0 Å². The SMILES string of the molecule is O=C(Oc1cccc(OC(=O)c2cccc(Cl)c2)c1O)c1cccc(Cl)c1. The van der Waals surface area contributed by atoms with E-state index in [1.807, 2.05) is 0 Å². The normalized spacial score (nSPS) is 10.3. The summed E-state index contributed by atoms with van der Waals surface area (Å²) < 4.78 is 10.3. The van der Waals surface area contributed by atoms with Crippen molar-refractivity contribution in [2.24, 2.45) is 0 Å². The first-order valence-electron chi connectivity index (χ1n) is 7.71. The summed E-state index contributed by atoms with van der Waals surface area (Å²) in [5.74, 6) is -2.23. The molecular weight excluding hydrogens is 391 g/mol. The lowest BCUT2D eigenvalue weighted by atomic mass is 10.2. The second-order valence-electron chi connectivity index (χ2n) is 5.40. The number of hydrogen-bond donors (Lipinski definition) is 1. The Labute approximate surface area is 164 Å². The molecule has 0 bridgehead atoms. The van der Waals surface area contributed by atoms with Crippen molar-refractivity contribution >= 4 is 35.1 Å². The van der Waals surface area contributed by atoms with Crippen molar-refractivity contribution in [3.8, 4) is 17.2 Å². The molecule has 0 aliphatic heterocycles. The van der Waals surface area contributed by atoms with Crippen LogP contribution in [-0.2, 0) is 0 Å². The number of esters is 2. The average molecular weight is 403 g/mol. The second kappa shape index (κ2) is 8.12. The van der Waals surface area contributed by atoms with Gasteiger partial charge >= 0.3 is 11.9 Å². The maximum absolute atomic E-state index is 12.2. The lowest BCUT2D eigenvalue weighted by Crippen LogP contribution is -2.10. The molecular formula is C20H12Cl2O5. The zero-order chi connectivity index (χ0) is 19.4. The van der Waals surface area contributed by atoms with Crippen LogP contribution in [0, 0.1) is 0 Å². The molecule has 0 saturated carbocycles. The Morgan fingerprint density at radius 1 is 0.704 bits per heavy atom. The molecule has 7 heteroatoms. The van der Waals surface area contributed by atoms with Crippen molar-refractivity contribution in [2.75, 3.05) is 0 Å². The predicted molar refractivity (Wildman–Crippen MR) is 101 cm³/mol. The highest BCUT2D eigenvalue weighted by molar-refractivity contribution is 6.31. The van der Waals surface area contributed by atoms with Crippen molar-refractivity contribution < 1.29 is 24.2 Å². The molecule has 0 amide bonds. The number of halogens is 2. The van der Waals surface area contributed by atoms with Crippen LogP contribution in [0.3, 0.4) is 0 Å². The molecule has 0 radical (unpaired) electrons. The first-order chi connectivity index (χ1) is 12.9. The topological polar surface area (TPSA) is 72.8 Å². The molecule has 0 fully saturated rings. The molecule has 0 heterocycles. The molecule has 1 N–H and O–H groups in total. The number of para-hydroxylation sites is 1. The standard InChI is InChI=1S/C20H12Cl2O5/c21-14-6-1-4-12(10-14)19(24)26-16-8-3-9-17(18(16)23)27-20(25)13-5-2-7-15(22)11-13/h1-11,23H. The summed E-state index contributed by atoms with van der Waals surface area (Å²) in [6, 6.07) is 16.6. The first-order valence-corrected chi connectivity index (χ1v) is 8.47. The van der Waals surface area contributed by atoms with Crippen LogP contribution >= 0.6 is 23.2 Å². The van der Waals surface area contributed by atoms with Gasteiger partial charge in [0.2, 0.25) is 5.75 Å². The molecule has 3 aromatic rings. The summed E-state index contributed by atoms with van der Waals surface area (Å²) in [4.78, 5) is 24.4. The molecule has 3 rings (SSSR count). The monoisotopic (exact) mass is 402 g/mol. The van der Waals surface area contributed by atoms with Gasteiger partial charge in [0.05, 0.1) is 11.1 Å². The number of ether oxygens (including phenoxy) is 2. The molecule has 27 heavy (non-hydrogen) atoms. The number of rotatable bonds is 4. The van der Waals surface area contributed by atoms with Gasteiger partial charge in [-0.3, -0.25) is 0 Å². The van der Waals surface area contributed by atoms with E-state index in [4.69, 9.17) is 32.7 Å². The molecule has 0 atom stereocenters. The highest BCUT2D eigenvalue weighted by Crippen LogP contribution is 2.36. The number of phenols is 1. The zero-order valence-electron chi connectivity index (χ0n) is 13.7. The fourth-order valence-electron chi connectivity index (χ4n) is 2.22. The number of benzene rings is 3. The highest BCUT2D eigenvalue weighted by atomic mass is 35.5. The summed E-state index contributed by atoms with van der Waals surface area (Å²) >= 11 is 11.7. The van der Waals surface area contributed by atoms with Crippen LogP contribution in [-0.4, -0.2) is 17.0 Å². The Morgan fingerprint density at radius 2 is 1.11 bits per heavy atom. The van der Waals surface area contributed by atoms with E-state index in [-0.39, 0.29) is 22.6 Å². The van der Waals surface area contributed by atoms with E-state index in [9.17, 15) is 14.7 Å². The molecule has 0 aliphatic carbocycles. The Hall–Kier alpha value is -3.02. The smallest absolute Gasteiger partial charge is 0.343 e. The van der Waals surface area contributed by atoms with E-state index in [1.165, 1.54) is 42.5 Å². The van der Waals surface area contributed by atoms with Crippen molar-refractivity contribution in [1.82, 2.24) is 0 Å². The molecule has 3 aromatic carbocycles. The highest BCUT2D eigenvalue weighted by Gasteiger charge is 2.18. The van der Waals surface area contributed by atoms with Crippen molar-refractivity contribution in [3.63, 3.8) is 0 Å². The molecule has 0 unspecified atom stereocenters. The van der Waals surface area contributed by atoms with Crippen LogP contribution in [0.5, 0.6) is 17.2 Å². The minimum Gasteiger partial charge on any atom is -0.502 e. The minimum absolute atomic E-state index is 0.156. The van der Waals surface area contributed by atoms with Crippen molar-refractivity contribution in [3.05, 3.63) is 87.9 Å².